The highest BCUT2D eigenvalue weighted by molar-refractivity contribution is 6.40. The van der Waals surface area contributed by atoms with Crippen molar-refractivity contribution in [3.05, 3.63) is 75.1 Å². The van der Waals surface area contributed by atoms with E-state index in [1.807, 2.05) is 0 Å². The molecule has 3 rings (SSSR count). The highest BCUT2D eigenvalue weighted by Crippen LogP contribution is 2.22. The van der Waals surface area contributed by atoms with Crippen molar-refractivity contribution in [1.29, 1.82) is 0 Å². The third kappa shape index (κ3) is 4.04. The predicted molar refractivity (Wildman–Crippen MR) is 103 cm³/mol. The molecule has 0 aliphatic rings. The maximum Gasteiger partial charge on any atom is 0.329 e. The van der Waals surface area contributed by atoms with Crippen LogP contribution in [0.15, 0.2) is 63.0 Å². The summed E-state index contributed by atoms with van der Waals surface area (Å²) >= 11 is 5.97. The lowest BCUT2D eigenvalue weighted by atomic mass is 10.2. The highest BCUT2D eigenvalue weighted by Gasteiger charge is 2.14. The van der Waals surface area contributed by atoms with E-state index in [0.717, 1.165) is 6.21 Å². The summed E-state index contributed by atoms with van der Waals surface area (Å²) in [4.78, 5) is 36.1. The molecule has 8 heteroatoms. The molecule has 136 valence electrons. The molecule has 0 aliphatic heterocycles. The number of carbonyl (C=O) groups is 2. The van der Waals surface area contributed by atoms with Crippen LogP contribution in [0.4, 0.5) is 5.69 Å². The second kappa shape index (κ2) is 7.84. The van der Waals surface area contributed by atoms with Crippen LogP contribution in [0.25, 0.3) is 11.0 Å². The Morgan fingerprint density at radius 3 is 2.70 bits per heavy atom. The second-order valence-electron chi connectivity index (χ2n) is 5.58. The molecule has 2 aromatic carbocycles. The number of rotatable bonds is 3. The van der Waals surface area contributed by atoms with Crippen molar-refractivity contribution < 1.29 is 14.0 Å². The van der Waals surface area contributed by atoms with Crippen molar-refractivity contribution in [3.8, 4) is 0 Å². The number of hydrogen-bond donors (Lipinski definition) is 2. The summed E-state index contributed by atoms with van der Waals surface area (Å²) in [6, 6.07) is 11.7. The zero-order valence-corrected chi connectivity index (χ0v) is 14.9. The van der Waals surface area contributed by atoms with Gasteiger partial charge in [0.05, 0.1) is 17.2 Å². The van der Waals surface area contributed by atoms with Crippen LogP contribution < -0.4 is 16.2 Å². The van der Waals surface area contributed by atoms with Crippen molar-refractivity contribution in [2.24, 2.45) is 5.10 Å². The van der Waals surface area contributed by atoms with Crippen molar-refractivity contribution in [3.63, 3.8) is 0 Å². The molecule has 2 amide bonds. The number of fused-ring (bicyclic) bond motifs is 1. The topological polar surface area (TPSA) is 101 Å². The van der Waals surface area contributed by atoms with Gasteiger partial charge in [-0.05, 0) is 36.8 Å². The van der Waals surface area contributed by atoms with E-state index in [2.05, 4.69) is 15.8 Å². The minimum Gasteiger partial charge on any atom is -0.463 e. The molecule has 2 N–H and O–H groups in total. The number of nitrogens with zero attached hydrogens (tertiary/aromatic N) is 1. The number of hydrogen-bond acceptors (Lipinski definition) is 5. The number of anilines is 1. The van der Waals surface area contributed by atoms with Crippen molar-refractivity contribution in [2.75, 3.05) is 5.32 Å². The first-order valence-electron chi connectivity index (χ1n) is 7.87. The zero-order chi connectivity index (χ0) is 19.4. The van der Waals surface area contributed by atoms with Crippen LogP contribution in [0.5, 0.6) is 0 Å². The molecule has 1 heterocycles. The van der Waals surface area contributed by atoms with Crippen LogP contribution in [0.3, 0.4) is 0 Å². The quantitative estimate of drug-likeness (QED) is 0.412. The number of amides is 2. The van der Waals surface area contributed by atoms with E-state index in [9.17, 15) is 14.4 Å². The van der Waals surface area contributed by atoms with Crippen molar-refractivity contribution in [1.82, 2.24) is 5.43 Å². The molecule has 7 nitrogen and oxygen atoms in total. The van der Waals surface area contributed by atoms with E-state index in [1.54, 1.807) is 49.4 Å². The van der Waals surface area contributed by atoms with Gasteiger partial charge in [-0.2, -0.15) is 5.10 Å². The Labute approximate surface area is 158 Å². The molecule has 3 aromatic rings. The number of hydrazone groups is 1. The summed E-state index contributed by atoms with van der Waals surface area (Å²) in [5.74, 6) is -1.90. The Balaban J connectivity index is 1.68. The Morgan fingerprint density at radius 2 is 1.89 bits per heavy atom. The molecule has 0 atom stereocenters. The SMILES string of the molecule is Cc1c(Cl)cccc1NC(=O)C(=O)N/N=C\c1coc2ccccc2c1=O. The van der Waals surface area contributed by atoms with Gasteiger partial charge in [-0.15, -0.1) is 0 Å². The molecule has 0 fully saturated rings. The molecule has 0 unspecified atom stereocenters. The maximum atomic E-state index is 12.3. The first-order chi connectivity index (χ1) is 13.0. The average Bonchev–Trinajstić information content (AvgIpc) is 2.67. The standard InChI is InChI=1S/C19H14ClN3O4/c1-11-14(20)6-4-7-15(11)22-18(25)19(26)23-21-9-12-10-27-16-8-3-2-5-13(16)17(12)24/h2-10H,1H3,(H,22,25)(H,23,26)/b21-9-. The Morgan fingerprint density at radius 1 is 1.11 bits per heavy atom. The number of nitrogens with one attached hydrogen (secondary N) is 2. The number of benzene rings is 2. The lowest BCUT2D eigenvalue weighted by Crippen LogP contribution is -2.32. The van der Waals surface area contributed by atoms with Gasteiger partial charge in [-0.1, -0.05) is 29.8 Å². The summed E-state index contributed by atoms with van der Waals surface area (Å²) in [6.45, 7) is 1.72. The smallest absolute Gasteiger partial charge is 0.329 e. The summed E-state index contributed by atoms with van der Waals surface area (Å²) < 4.78 is 5.34. The van der Waals surface area contributed by atoms with Gasteiger partial charge in [0.25, 0.3) is 0 Å². The van der Waals surface area contributed by atoms with Crippen LogP contribution in [0.2, 0.25) is 5.02 Å². The van der Waals surface area contributed by atoms with Gasteiger partial charge in [-0.25, -0.2) is 5.43 Å². The van der Waals surface area contributed by atoms with Gasteiger partial charge in [0.15, 0.2) is 0 Å². The largest absolute Gasteiger partial charge is 0.463 e. The molecule has 0 bridgehead atoms. The molecule has 0 aliphatic carbocycles. The van der Waals surface area contributed by atoms with Gasteiger partial charge in [0.2, 0.25) is 5.43 Å². The second-order valence-corrected chi connectivity index (χ2v) is 5.99. The third-order valence-electron chi connectivity index (χ3n) is 3.80. The minimum atomic E-state index is -0.990. The summed E-state index contributed by atoms with van der Waals surface area (Å²) in [5.41, 5.74) is 3.41. The first-order valence-corrected chi connectivity index (χ1v) is 8.25. The van der Waals surface area contributed by atoms with Crippen LogP contribution in [0.1, 0.15) is 11.1 Å². The molecule has 0 spiro atoms. The molecule has 0 saturated carbocycles. The Kier molecular flexibility index (Phi) is 5.33. The minimum absolute atomic E-state index is 0.139. The third-order valence-corrected chi connectivity index (χ3v) is 4.21. The average molecular weight is 384 g/mol. The molecular weight excluding hydrogens is 370 g/mol. The Hall–Kier alpha value is -3.45. The van der Waals surface area contributed by atoms with Crippen LogP contribution in [-0.2, 0) is 9.59 Å². The fourth-order valence-electron chi connectivity index (χ4n) is 2.32. The van der Waals surface area contributed by atoms with Crippen LogP contribution >= 0.6 is 11.6 Å². The molecule has 27 heavy (non-hydrogen) atoms. The van der Waals surface area contributed by atoms with Crippen LogP contribution in [-0.4, -0.2) is 18.0 Å². The van der Waals surface area contributed by atoms with Crippen molar-refractivity contribution in [2.45, 2.75) is 6.92 Å². The summed E-state index contributed by atoms with van der Waals surface area (Å²) in [7, 11) is 0. The van der Waals surface area contributed by atoms with E-state index in [4.69, 9.17) is 16.0 Å². The molecule has 0 radical (unpaired) electrons. The zero-order valence-electron chi connectivity index (χ0n) is 14.2. The van der Waals surface area contributed by atoms with Gasteiger partial charge in [-0.3, -0.25) is 14.4 Å². The van der Waals surface area contributed by atoms with E-state index in [0.29, 0.717) is 27.2 Å². The van der Waals surface area contributed by atoms with Gasteiger partial charge >= 0.3 is 11.8 Å². The fraction of sp³-hybridized carbons (Fsp3) is 0.0526. The van der Waals surface area contributed by atoms with Gasteiger partial charge < -0.3 is 9.73 Å². The van der Waals surface area contributed by atoms with Crippen molar-refractivity contribution >= 4 is 46.3 Å². The lowest BCUT2D eigenvalue weighted by molar-refractivity contribution is -0.136. The molecule has 0 saturated heterocycles. The summed E-state index contributed by atoms with van der Waals surface area (Å²) in [5, 5.41) is 6.94. The van der Waals surface area contributed by atoms with Gasteiger partial charge in [0, 0.05) is 10.7 Å². The highest BCUT2D eigenvalue weighted by atomic mass is 35.5. The van der Waals surface area contributed by atoms with E-state index < -0.39 is 11.8 Å². The first kappa shape index (κ1) is 18.3. The van der Waals surface area contributed by atoms with E-state index in [1.165, 1.54) is 6.26 Å². The van der Waals surface area contributed by atoms with E-state index >= 15 is 0 Å². The van der Waals surface area contributed by atoms with E-state index in [-0.39, 0.29) is 11.0 Å². The van der Waals surface area contributed by atoms with Gasteiger partial charge in [0.1, 0.15) is 11.8 Å². The van der Waals surface area contributed by atoms with Crippen LogP contribution in [0, 0.1) is 6.92 Å². The summed E-state index contributed by atoms with van der Waals surface area (Å²) in [6.07, 6.45) is 2.35. The number of halogens is 1. The normalized spacial score (nSPS) is 10.9. The predicted octanol–water partition coefficient (Wildman–Crippen LogP) is 2.84. The number of para-hydroxylation sites is 1. The molecular formula is C19H14ClN3O4. The maximum absolute atomic E-state index is 12.3. The number of carbonyl (C=O) groups excluding carboxylic acids is 2. The lowest BCUT2D eigenvalue weighted by Gasteiger charge is -2.08. The molecule has 1 aromatic heterocycles. The fourth-order valence-corrected chi connectivity index (χ4v) is 2.49. The monoisotopic (exact) mass is 383 g/mol. The Bertz CT molecular complexity index is 1120.